The third-order valence-corrected chi connectivity index (χ3v) is 7.37. The van der Waals surface area contributed by atoms with Crippen LogP contribution in [0.25, 0.3) is 10.9 Å². The molecular formula is C22H24BrFN4O14. The Morgan fingerprint density at radius 2 is 1.57 bits per heavy atom. The average molecular weight is 667 g/mol. The van der Waals surface area contributed by atoms with E-state index in [-0.39, 0.29) is 5.69 Å². The molecule has 1 aliphatic heterocycles. The van der Waals surface area contributed by atoms with Crippen LogP contribution < -0.4 is 20.5 Å². The molecule has 230 valence electrons. The Balaban J connectivity index is 1.87. The number of ether oxygens (including phenoxy) is 2. The molecule has 0 amide bonds. The molecule has 0 saturated carbocycles. The number of nitrogens with one attached hydrogen (secondary N) is 2. The lowest BCUT2D eigenvalue weighted by molar-refractivity contribution is -0.592. The van der Waals surface area contributed by atoms with Gasteiger partial charge < -0.3 is 75.9 Å². The standard InChI is InChI=1S/C22H24BrFN4O14/c1-28-21(37,38)19(33,34)18(32,20(35,36)22(28,39)40)6-42-15-13(30)11-10(12(29)14(15)41-2)16(27-17(31)26-11)25-9-4-3-7(23)5-8(9)24/h3-5,29-30,32-40H,6H2,1-2H3,(H2,25,26,27,31). The second-order valence-corrected chi connectivity index (χ2v) is 10.2. The number of halogens is 2. The minimum absolute atomic E-state index is 0.224. The molecule has 18 nitrogen and oxygen atoms in total. The second kappa shape index (κ2) is 9.82. The fourth-order valence-corrected chi connectivity index (χ4v) is 4.65. The van der Waals surface area contributed by atoms with E-state index in [1.165, 1.54) is 12.1 Å². The van der Waals surface area contributed by atoms with Gasteiger partial charge in [-0.25, -0.2) is 9.18 Å². The Morgan fingerprint density at radius 3 is 2.10 bits per heavy atom. The Kier molecular flexibility index (Phi) is 7.37. The number of hydrogen-bond donors (Lipinski definition) is 13. The van der Waals surface area contributed by atoms with Crippen LogP contribution in [-0.4, -0.2) is 121 Å². The Labute approximate surface area is 240 Å². The second-order valence-electron chi connectivity index (χ2n) is 9.27. The zero-order valence-corrected chi connectivity index (χ0v) is 22.8. The monoisotopic (exact) mass is 666 g/mol. The van der Waals surface area contributed by atoms with Crippen LogP contribution in [0.4, 0.5) is 15.9 Å². The lowest BCUT2D eigenvalue weighted by Crippen LogP contribution is -2.93. The maximum Gasteiger partial charge on any atom is 0.347 e. The van der Waals surface area contributed by atoms with Crippen molar-refractivity contribution in [1.82, 2.24) is 14.9 Å². The van der Waals surface area contributed by atoms with Gasteiger partial charge >= 0.3 is 5.69 Å². The summed E-state index contributed by atoms with van der Waals surface area (Å²) in [5.74, 6) is -22.6. The molecular weight excluding hydrogens is 643 g/mol. The molecule has 0 aliphatic carbocycles. The first-order valence-corrected chi connectivity index (χ1v) is 12.1. The van der Waals surface area contributed by atoms with Gasteiger partial charge in [0.15, 0.2) is 11.5 Å². The summed E-state index contributed by atoms with van der Waals surface area (Å²) in [6.07, 6.45) is 0. The number of aromatic hydroxyl groups is 2. The van der Waals surface area contributed by atoms with Crippen LogP contribution in [0.5, 0.6) is 23.0 Å². The molecule has 1 fully saturated rings. The highest BCUT2D eigenvalue weighted by Crippen LogP contribution is 2.53. The van der Waals surface area contributed by atoms with E-state index in [1.807, 2.05) is 0 Å². The van der Waals surface area contributed by atoms with Gasteiger partial charge in [0.1, 0.15) is 23.8 Å². The molecule has 0 bridgehead atoms. The third kappa shape index (κ3) is 4.16. The number of H-pyrrole nitrogens is 1. The summed E-state index contributed by atoms with van der Waals surface area (Å²) in [5.41, 5.74) is -6.29. The zero-order valence-electron chi connectivity index (χ0n) is 21.2. The summed E-state index contributed by atoms with van der Waals surface area (Å²) < 4.78 is 24.9. The molecule has 0 unspecified atom stereocenters. The maximum absolute atomic E-state index is 14.5. The molecule has 1 saturated heterocycles. The predicted molar refractivity (Wildman–Crippen MR) is 137 cm³/mol. The fourth-order valence-electron chi connectivity index (χ4n) is 4.32. The Hall–Kier alpha value is -3.41. The highest BCUT2D eigenvalue weighted by atomic mass is 79.9. The van der Waals surface area contributed by atoms with E-state index in [9.17, 15) is 65.4 Å². The number of likely N-dealkylation sites (tertiary alicyclic amines) is 1. The van der Waals surface area contributed by atoms with Crippen LogP contribution >= 0.6 is 15.9 Å². The summed E-state index contributed by atoms with van der Waals surface area (Å²) >= 11 is 3.08. The van der Waals surface area contributed by atoms with Crippen LogP contribution in [0.3, 0.4) is 0 Å². The molecule has 0 radical (unpaired) electrons. The van der Waals surface area contributed by atoms with Gasteiger partial charge in [0.25, 0.3) is 23.4 Å². The van der Waals surface area contributed by atoms with Crippen molar-refractivity contribution in [2.45, 2.75) is 29.0 Å². The van der Waals surface area contributed by atoms with Gasteiger partial charge in [-0.05, 0) is 25.2 Å². The largest absolute Gasteiger partial charge is 0.504 e. The first-order valence-electron chi connectivity index (χ1n) is 11.3. The number of anilines is 2. The van der Waals surface area contributed by atoms with Crippen LogP contribution in [-0.2, 0) is 0 Å². The lowest BCUT2D eigenvalue weighted by Gasteiger charge is -2.61. The molecule has 1 aromatic heterocycles. The van der Waals surface area contributed by atoms with Crippen molar-refractivity contribution in [3.63, 3.8) is 0 Å². The molecule has 13 N–H and O–H groups in total. The normalized spacial score (nSPS) is 20.3. The SMILES string of the molecule is COc1c(OCC2(O)C(O)(O)C(O)(O)N(C)C(O)(O)C2(O)O)c(O)c2[nH]c(=O)nc(Nc3ccc(Br)cc3F)c2c1O. The van der Waals surface area contributed by atoms with E-state index in [1.54, 1.807) is 0 Å². The van der Waals surface area contributed by atoms with Crippen molar-refractivity contribution < 1.29 is 70.0 Å². The van der Waals surface area contributed by atoms with Crippen molar-refractivity contribution in [3.8, 4) is 23.0 Å². The number of aromatic nitrogens is 2. The number of fused-ring (bicyclic) bond motifs is 1. The maximum atomic E-state index is 14.5. The Morgan fingerprint density at radius 1 is 1.00 bits per heavy atom. The highest BCUT2D eigenvalue weighted by Gasteiger charge is 2.84. The van der Waals surface area contributed by atoms with E-state index >= 15 is 0 Å². The number of piperidine rings is 1. The number of nitrogens with zero attached hydrogens (tertiary/aromatic N) is 2. The molecule has 2 aromatic carbocycles. The van der Waals surface area contributed by atoms with E-state index in [2.05, 4.69) is 31.2 Å². The number of methoxy groups -OCH3 is 1. The van der Waals surface area contributed by atoms with Crippen molar-refractivity contribution >= 4 is 38.3 Å². The van der Waals surface area contributed by atoms with Crippen molar-refractivity contribution in [2.75, 3.05) is 26.1 Å². The quantitative estimate of drug-likeness (QED) is 0.0904. The van der Waals surface area contributed by atoms with Crippen LogP contribution in [0.2, 0.25) is 0 Å². The highest BCUT2D eigenvalue weighted by molar-refractivity contribution is 9.10. The summed E-state index contributed by atoms with van der Waals surface area (Å²) in [6, 6.07) is 3.75. The predicted octanol–water partition coefficient (Wildman–Crippen LogP) is -3.32. The first-order chi connectivity index (χ1) is 19.2. The van der Waals surface area contributed by atoms with Gasteiger partial charge in [-0.1, -0.05) is 15.9 Å². The topological polar surface area (TPSA) is 302 Å². The molecule has 3 aromatic rings. The van der Waals surface area contributed by atoms with Crippen molar-refractivity contribution in [2.24, 2.45) is 0 Å². The van der Waals surface area contributed by atoms with E-state index in [4.69, 9.17) is 9.47 Å². The summed E-state index contributed by atoms with van der Waals surface area (Å²) in [7, 11) is 1.32. The minimum atomic E-state index is -4.46. The molecule has 42 heavy (non-hydrogen) atoms. The van der Waals surface area contributed by atoms with Gasteiger partial charge in [-0.3, -0.25) is 0 Å². The van der Waals surface area contributed by atoms with Gasteiger partial charge in [0, 0.05) is 4.47 Å². The number of phenolic OH excluding ortho intramolecular Hbond substituents is 2. The molecule has 4 rings (SSSR count). The number of benzene rings is 2. The van der Waals surface area contributed by atoms with E-state index in [0.717, 1.165) is 13.2 Å². The summed E-state index contributed by atoms with van der Waals surface area (Å²) in [4.78, 5) is 17.5. The van der Waals surface area contributed by atoms with Crippen LogP contribution in [0.1, 0.15) is 0 Å². The third-order valence-electron chi connectivity index (χ3n) is 6.88. The van der Waals surface area contributed by atoms with Crippen LogP contribution in [0, 0.1) is 5.82 Å². The number of likely N-dealkylation sites (N-methyl/N-ethyl adjacent to an activating group) is 1. The lowest BCUT2D eigenvalue weighted by atomic mass is 9.75. The number of phenols is 2. The number of aromatic amines is 1. The van der Waals surface area contributed by atoms with Gasteiger partial charge in [-0.2, -0.15) is 9.88 Å². The molecule has 0 spiro atoms. The van der Waals surface area contributed by atoms with Crippen LogP contribution in [0.15, 0.2) is 27.5 Å². The number of rotatable bonds is 6. The smallest absolute Gasteiger partial charge is 0.347 e. The average Bonchev–Trinajstić information content (AvgIpc) is 2.89. The minimum Gasteiger partial charge on any atom is -0.504 e. The van der Waals surface area contributed by atoms with E-state index < -0.39 is 91.7 Å². The Bertz CT molecular complexity index is 1600. The summed E-state index contributed by atoms with van der Waals surface area (Å²) in [6.45, 7) is -1.92. The van der Waals surface area contributed by atoms with Gasteiger partial charge in [0.2, 0.25) is 17.1 Å². The first kappa shape index (κ1) is 31.5. The van der Waals surface area contributed by atoms with Gasteiger partial charge in [-0.15, -0.1) is 0 Å². The molecule has 0 atom stereocenters. The molecule has 20 heteroatoms. The number of aliphatic hydroxyl groups is 9. The zero-order chi connectivity index (χ0) is 31.8. The van der Waals surface area contributed by atoms with Crippen molar-refractivity contribution in [3.05, 3.63) is 39.0 Å². The number of hydrogen-bond acceptors (Lipinski definition) is 17. The van der Waals surface area contributed by atoms with E-state index in [0.29, 0.717) is 11.5 Å². The summed E-state index contributed by atoms with van der Waals surface area (Å²) in [5, 5.41) is 117. The van der Waals surface area contributed by atoms with Gasteiger partial charge in [0.05, 0.1) is 18.2 Å². The fraction of sp³-hybridized carbons (Fsp3) is 0.364. The molecule has 2 heterocycles. The van der Waals surface area contributed by atoms with Crippen molar-refractivity contribution in [1.29, 1.82) is 0 Å². The molecule has 1 aliphatic rings.